The van der Waals surface area contributed by atoms with Crippen molar-refractivity contribution < 1.29 is 10.2 Å². The van der Waals surface area contributed by atoms with Crippen molar-refractivity contribution >= 4 is 11.8 Å². The van der Waals surface area contributed by atoms with E-state index in [2.05, 4.69) is 9.80 Å². The van der Waals surface area contributed by atoms with Gasteiger partial charge in [-0.05, 0) is 48.5 Å². The summed E-state index contributed by atoms with van der Waals surface area (Å²) in [5.74, 6) is 0.537. The van der Waals surface area contributed by atoms with Gasteiger partial charge >= 0.3 is 0 Å². The highest BCUT2D eigenvalue weighted by Crippen LogP contribution is 2.29. The zero-order valence-electron chi connectivity index (χ0n) is 13.1. The average molecular weight is 330 g/mol. The zero-order valence-corrected chi connectivity index (χ0v) is 13.9. The minimum atomic E-state index is 0.269. The Hall–Kier alpha value is -1.69. The Morgan fingerprint density at radius 3 is 1.13 bits per heavy atom. The van der Waals surface area contributed by atoms with Crippen LogP contribution >= 0.6 is 11.8 Å². The van der Waals surface area contributed by atoms with Crippen LogP contribution in [0.3, 0.4) is 0 Å². The summed E-state index contributed by atoms with van der Waals surface area (Å²) < 4.78 is 0. The highest BCUT2D eigenvalue weighted by molar-refractivity contribution is 7.99. The van der Waals surface area contributed by atoms with Crippen molar-refractivity contribution in [3.8, 4) is 11.5 Å². The van der Waals surface area contributed by atoms with Crippen LogP contribution in [0.1, 0.15) is 0 Å². The molecule has 2 N–H and O–H groups in total. The lowest BCUT2D eigenvalue weighted by molar-refractivity contribution is 0.0647. The van der Waals surface area contributed by atoms with Gasteiger partial charge in [-0.15, -0.1) is 0 Å². The van der Waals surface area contributed by atoms with E-state index in [1.807, 2.05) is 24.3 Å². The number of fused-ring (bicyclic) bond motifs is 3. The molecular weight excluding hydrogens is 308 g/mol. The predicted octanol–water partition coefficient (Wildman–Crippen LogP) is 2.87. The van der Waals surface area contributed by atoms with Gasteiger partial charge in [0.15, 0.2) is 0 Å². The van der Waals surface area contributed by atoms with Gasteiger partial charge in [-0.3, -0.25) is 9.80 Å². The maximum atomic E-state index is 9.12. The molecule has 0 amide bonds. The fourth-order valence-electron chi connectivity index (χ4n) is 2.68. The summed E-state index contributed by atoms with van der Waals surface area (Å²) in [5.41, 5.74) is 0. The number of hydrogen-bond donors (Lipinski definition) is 2. The third-order valence-electron chi connectivity index (χ3n) is 4.11. The molecule has 0 aliphatic carbocycles. The predicted molar refractivity (Wildman–Crippen MR) is 93.2 cm³/mol. The van der Waals surface area contributed by atoms with Crippen LogP contribution in [0.5, 0.6) is 11.5 Å². The molecule has 0 atom stereocenters. The highest BCUT2D eigenvalue weighted by atomic mass is 32.2. The molecule has 2 bridgehead atoms. The van der Waals surface area contributed by atoms with Crippen LogP contribution in [0, 0.1) is 0 Å². The summed E-state index contributed by atoms with van der Waals surface area (Å²) in [4.78, 5) is 7.19. The first-order chi connectivity index (χ1) is 11.2. The van der Waals surface area contributed by atoms with Crippen LogP contribution in [-0.4, -0.2) is 59.3 Å². The molecule has 0 spiro atoms. The molecule has 0 aromatic heterocycles. The minimum Gasteiger partial charge on any atom is -0.508 e. The summed E-state index contributed by atoms with van der Waals surface area (Å²) >= 11 is 1.58. The number of benzene rings is 2. The number of piperazine rings is 3. The van der Waals surface area contributed by atoms with Gasteiger partial charge in [0, 0.05) is 49.1 Å². The molecule has 122 valence electrons. The number of nitrogens with zero attached hydrogens (tertiary/aromatic N) is 2. The summed E-state index contributed by atoms with van der Waals surface area (Å²) in [5, 5.41) is 18.2. The third kappa shape index (κ3) is 4.89. The van der Waals surface area contributed by atoms with E-state index in [1.54, 1.807) is 36.0 Å². The van der Waals surface area contributed by atoms with Crippen molar-refractivity contribution in [3.05, 3.63) is 48.5 Å². The number of aromatic hydroxyl groups is 2. The molecular formula is C18H22N2O2S. The van der Waals surface area contributed by atoms with Gasteiger partial charge in [0.25, 0.3) is 0 Å². The van der Waals surface area contributed by atoms with Crippen LogP contribution < -0.4 is 0 Å². The Labute approximate surface area is 141 Å². The van der Waals surface area contributed by atoms with E-state index in [-0.39, 0.29) is 11.5 Å². The Morgan fingerprint density at radius 2 is 0.870 bits per heavy atom. The molecule has 3 saturated heterocycles. The number of phenols is 2. The summed E-state index contributed by atoms with van der Waals surface area (Å²) in [6.45, 7) is 7.92. The molecule has 5 heteroatoms. The molecule has 0 unspecified atom stereocenters. The van der Waals surface area contributed by atoms with E-state index in [4.69, 9.17) is 10.2 Å². The minimum absolute atomic E-state index is 0.269. The molecule has 3 heterocycles. The van der Waals surface area contributed by atoms with Gasteiger partial charge in [-0.25, -0.2) is 0 Å². The smallest absolute Gasteiger partial charge is 0.115 e. The third-order valence-corrected chi connectivity index (χ3v) is 5.12. The first-order valence-electron chi connectivity index (χ1n) is 7.90. The standard InChI is InChI=1S/C12H10O2S.C6H12N2/c13-9-1-5-11(6-2-9)15-12-7-3-10(14)4-8-12;1-2-8-5-3-7(1)4-6-8/h1-8,13-14H;1-6H2. The van der Waals surface area contributed by atoms with E-state index in [1.165, 1.54) is 39.3 Å². The molecule has 5 rings (SSSR count). The number of phenolic OH excluding ortho intramolecular Hbond substituents is 2. The van der Waals surface area contributed by atoms with E-state index >= 15 is 0 Å². The number of hydrogen-bond acceptors (Lipinski definition) is 5. The first-order valence-corrected chi connectivity index (χ1v) is 8.71. The molecule has 23 heavy (non-hydrogen) atoms. The van der Waals surface area contributed by atoms with Crippen LogP contribution in [0.25, 0.3) is 0 Å². The molecule has 2 aromatic carbocycles. The van der Waals surface area contributed by atoms with Crippen molar-refractivity contribution in [2.45, 2.75) is 9.79 Å². The Morgan fingerprint density at radius 1 is 0.565 bits per heavy atom. The van der Waals surface area contributed by atoms with Gasteiger partial charge in [0.2, 0.25) is 0 Å². The fraction of sp³-hybridized carbons (Fsp3) is 0.333. The maximum Gasteiger partial charge on any atom is 0.115 e. The largest absolute Gasteiger partial charge is 0.508 e. The molecule has 0 saturated carbocycles. The molecule has 4 nitrogen and oxygen atoms in total. The molecule has 0 radical (unpaired) electrons. The quantitative estimate of drug-likeness (QED) is 0.887. The SMILES string of the molecule is C1CN2CCN1CC2.Oc1ccc(Sc2ccc(O)cc2)cc1. The topological polar surface area (TPSA) is 46.9 Å². The Kier molecular flexibility index (Phi) is 5.43. The molecule has 2 aromatic rings. The van der Waals surface area contributed by atoms with Crippen molar-refractivity contribution in [3.63, 3.8) is 0 Å². The van der Waals surface area contributed by atoms with Crippen LogP contribution in [0.15, 0.2) is 58.3 Å². The fourth-order valence-corrected chi connectivity index (χ4v) is 3.50. The lowest BCUT2D eigenvalue weighted by atomic mass is 10.2. The van der Waals surface area contributed by atoms with Crippen LogP contribution in [-0.2, 0) is 0 Å². The lowest BCUT2D eigenvalue weighted by Crippen LogP contribution is -2.55. The first kappa shape index (κ1) is 16.2. The second kappa shape index (κ2) is 7.73. The average Bonchev–Trinajstić information content (AvgIpc) is 2.61. The van der Waals surface area contributed by atoms with E-state index in [0.29, 0.717) is 0 Å². The second-order valence-electron chi connectivity index (χ2n) is 5.77. The van der Waals surface area contributed by atoms with E-state index in [0.717, 1.165) is 9.79 Å². The number of rotatable bonds is 2. The van der Waals surface area contributed by atoms with Crippen LogP contribution in [0.4, 0.5) is 0 Å². The summed E-state index contributed by atoms with van der Waals surface area (Å²) in [7, 11) is 0. The molecule has 3 aliphatic rings. The van der Waals surface area contributed by atoms with Crippen molar-refractivity contribution in [1.82, 2.24) is 9.80 Å². The van der Waals surface area contributed by atoms with E-state index in [9.17, 15) is 0 Å². The Bertz CT molecular complexity index is 541. The zero-order chi connectivity index (χ0) is 16.1. The van der Waals surface area contributed by atoms with Gasteiger partial charge in [-0.1, -0.05) is 11.8 Å². The van der Waals surface area contributed by atoms with Crippen LogP contribution in [0.2, 0.25) is 0 Å². The summed E-state index contributed by atoms with van der Waals surface area (Å²) in [6, 6.07) is 14.0. The Balaban J connectivity index is 0.000000162. The van der Waals surface area contributed by atoms with Gasteiger partial charge in [0.05, 0.1) is 0 Å². The highest BCUT2D eigenvalue weighted by Gasteiger charge is 2.21. The van der Waals surface area contributed by atoms with Gasteiger partial charge in [0.1, 0.15) is 11.5 Å². The second-order valence-corrected chi connectivity index (χ2v) is 6.92. The summed E-state index contributed by atoms with van der Waals surface area (Å²) in [6.07, 6.45) is 0. The van der Waals surface area contributed by atoms with Gasteiger partial charge < -0.3 is 10.2 Å². The lowest BCUT2D eigenvalue weighted by Gasteiger charge is -2.41. The maximum absolute atomic E-state index is 9.12. The normalized spacial score (nSPS) is 22.3. The monoisotopic (exact) mass is 330 g/mol. The van der Waals surface area contributed by atoms with Crippen molar-refractivity contribution in [2.75, 3.05) is 39.3 Å². The van der Waals surface area contributed by atoms with Crippen molar-refractivity contribution in [2.24, 2.45) is 0 Å². The van der Waals surface area contributed by atoms with E-state index < -0.39 is 0 Å². The van der Waals surface area contributed by atoms with Gasteiger partial charge in [-0.2, -0.15) is 0 Å². The molecule has 3 aliphatic heterocycles. The molecule has 3 fully saturated rings. The van der Waals surface area contributed by atoms with Crippen molar-refractivity contribution in [1.29, 1.82) is 0 Å².